The Hall–Kier alpha value is -1.01. The van der Waals surface area contributed by atoms with Gasteiger partial charge in [0.2, 0.25) is 5.91 Å². The van der Waals surface area contributed by atoms with Crippen LogP contribution in [0.25, 0.3) is 0 Å². The van der Waals surface area contributed by atoms with E-state index in [0.29, 0.717) is 18.7 Å². The van der Waals surface area contributed by atoms with E-state index in [1.54, 1.807) is 16.7 Å². The molecule has 1 aliphatic heterocycles. The van der Waals surface area contributed by atoms with Gasteiger partial charge in [0.05, 0.1) is 0 Å². The van der Waals surface area contributed by atoms with E-state index in [2.05, 4.69) is 0 Å². The molecule has 0 aromatic heterocycles. The van der Waals surface area contributed by atoms with Crippen molar-refractivity contribution in [2.24, 2.45) is 5.92 Å². The summed E-state index contributed by atoms with van der Waals surface area (Å²) in [6.07, 6.45) is 1.85. The minimum absolute atomic E-state index is 0.0590. The second-order valence-electron chi connectivity index (χ2n) is 5.98. The molecule has 1 aromatic rings. The van der Waals surface area contributed by atoms with Crippen molar-refractivity contribution in [2.45, 2.75) is 25.6 Å². The predicted molar refractivity (Wildman–Crippen MR) is 91.7 cm³/mol. The Balaban J connectivity index is 2.09. The van der Waals surface area contributed by atoms with Gasteiger partial charge in [-0.2, -0.15) is 11.8 Å². The van der Waals surface area contributed by atoms with Crippen LogP contribution in [0.1, 0.15) is 18.1 Å². The van der Waals surface area contributed by atoms with Gasteiger partial charge in [0.25, 0.3) is 0 Å². The molecule has 0 spiro atoms. The molecule has 4 nitrogen and oxygen atoms in total. The smallest absolute Gasteiger partial charge is 0.226 e. The number of carbonyl (C=O) groups excluding carboxylic acids is 1. The van der Waals surface area contributed by atoms with Gasteiger partial charge >= 0.3 is 0 Å². The van der Waals surface area contributed by atoms with Crippen LogP contribution in [0.5, 0.6) is 0 Å². The van der Waals surface area contributed by atoms with Gasteiger partial charge in [0.15, 0.2) is 9.84 Å². The summed E-state index contributed by atoms with van der Waals surface area (Å²) < 4.78 is 23.8. The minimum atomic E-state index is -3.25. The number of hydrogen-bond donors (Lipinski definition) is 0. The van der Waals surface area contributed by atoms with Gasteiger partial charge in [-0.15, -0.1) is 0 Å². The highest BCUT2D eigenvalue weighted by molar-refractivity contribution is 8.00. The van der Waals surface area contributed by atoms with Crippen LogP contribution < -0.4 is 0 Å². The van der Waals surface area contributed by atoms with Gasteiger partial charge in [0, 0.05) is 30.2 Å². The standard InChI is InChI=1S/C16H23NO3S2/c1-12-4-6-14(7-5-12)10-13(2)16(18)17-8-9-21-11-15(17)22(3,19)20/h4-7,13,15H,8-11H2,1-3H3/t13-,15+/m1/s1. The van der Waals surface area contributed by atoms with E-state index in [-0.39, 0.29) is 11.8 Å². The summed E-state index contributed by atoms with van der Waals surface area (Å²) in [5.74, 6) is 1.00. The molecule has 0 unspecified atom stereocenters. The Morgan fingerprint density at radius 1 is 1.36 bits per heavy atom. The normalized spacial score (nSPS) is 20.7. The lowest BCUT2D eigenvalue weighted by Crippen LogP contribution is -2.51. The van der Waals surface area contributed by atoms with Crippen LogP contribution in [-0.2, 0) is 21.1 Å². The summed E-state index contributed by atoms with van der Waals surface area (Å²) in [7, 11) is -3.25. The lowest BCUT2D eigenvalue weighted by atomic mass is 9.99. The quantitative estimate of drug-likeness (QED) is 0.842. The summed E-state index contributed by atoms with van der Waals surface area (Å²) in [5, 5.41) is -0.681. The highest BCUT2D eigenvalue weighted by Gasteiger charge is 2.35. The Morgan fingerprint density at radius 2 is 2.00 bits per heavy atom. The van der Waals surface area contributed by atoms with Crippen molar-refractivity contribution in [3.63, 3.8) is 0 Å². The summed E-state index contributed by atoms with van der Waals surface area (Å²) in [5.41, 5.74) is 2.29. The number of rotatable bonds is 4. The lowest BCUT2D eigenvalue weighted by Gasteiger charge is -2.35. The number of nitrogens with zero attached hydrogens (tertiary/aromatic N) is 1. The van der Waals surface area contributed by atoms with Gasteiger partial charge in [-0.1, -0.05) is 36.8 Å². The monoisotopic (exact) mass is 341 g/mol. The molecule has 122 valence electrons. The number of carbonyl (C=O) groups is 1. The Bertz CT molecular complexity index is 625. The molecule has 6 heteroatoms. The van der Waals surface area contributed by atoms with E-state index in [0.717, 1.165) is 11.3 Å². The predicted octanol–water partition coefficient (Wildman–Crippen LogP) is 2.12. The van der Waals surface area contributed by atoms with E-state index in [1.165, 1.54) is 11.8 Å². The average Bonchev–Trinajstić information content (AvgIpc) is 2.48. The zero-order valence-corrected chi connectivity index (χ0v) is 14.9. The molecule has 0 radical (unpaired) electrons. The maximum Gasteiger partial charge on any atom is 0.226 e. The number of benzene rings is 1. The van der Waals surface area contributed by atoms with E-state index < -0.39 is 15.2 Å². The molecule has 0 aliphatic carbocycles. The Morgan fingerprint density at radius 3 is 2.59 bits per heavy atom. The molecule has 2 rings (SSSR count). The van der Waals surface area contributed by atoms with Gasteiger partial charge in [-0.3, -0.25) is 4.79 Å². The van der Waals surface area contributed by atoms with E-state index in [4.69, 9.17) is 0 Å². The molecule has 2 atom stereocenters. The van der Waals surface area contributed by atoms with Crippen molar-refractivity contribution >= 4 is 27.5 Å². The van der Waals surface area contributed by atoms with Gasteiger partial charge in [-0.25, -0.2) is 8.42 Å². The number of aryl methyl sites for hydroxylation is 1. The van der Waals surface area contributed by atoms with Crippen LogP contribution in [0.15, 0.2) is 24.3 Å². The zero-order chi connectivity index (χ0) is 16.3. The number of sulfone groups is 1. The first-order valence-electron chi connectivity index (χ1n) is 7.41. The topological polar surface area (TPSA) is 54.5 Å². The van der Waals surface area contributed by atoms with Gasteiger partial charge in [-0.05, 0) is 18.9 Å². The molecule has 0 bridgehead atoms. The first kappa shape index (κ1) is 17.3. The van der Waals surface area contributed by atoms with Gasteiger partial charge < -0.3 is 4.90 Å². The van der Waals surface area contributed by atoms with Crippen LogP contribution in [0.4, 0.5) is 0 Å². The fraction of sp³-hybridized carbons (Fsp3) is 0.562. The maximum absolute atomic E-state index is 12.7. The molecular formula is C16H23NO3S2. The SMILES string of the molecule is Cc1ccc(C[C@@H](C)C(=O)N2CCSC[C@@H]2S(C)(=O)=O)cc1. The Kier molecular flexibility index (Phi) is 5.55. The van der Waals surface area contributed by atoms with Crippen molar-refractivity contribution in [2.75, 3.05) is 24.3 Å². The van der Waals surface area contributed by atoms with Crippen LogP contribution in [0.2, 0.25) is 0 Å². The van der Waals surface area contributed by atoms with Crippen molar-refractivity contribution in [3.05, 3.63) is 35.4 Å². The van der Waals surface area contributed by atoms with Crippen molar-refractivity contribution in [1.82, 2.24) is 4.90 Å². The molecule has 1 fully saturated rings. The molecule has 1 heterocycles. The highest BCUT2D eigenvalue weighted by atomic mass is 32.2. The molecule has 1 amide bonds. The molecule has 22 heavy (non-hydrogen) atoms. The van der Waals surface area contributed by atoms with Crippen molar-refractivity contribution in [3.8, 4) is 0 Å². The molecule has 0 N–H and O–H groups in total. The van der Waals surface area contributed by atoms with Crippen LogP contribution >= 0.6 is 11.8 Å². The minimum Gasteiger partial charge on any atom is -0.324 e. The average molecular weight is 341 g/mol. The first-order valence-corrected chi connectivity index (χ1v) is 10.5. The van der Waals surface area contributed by atoms with Crippen LogP contribution in [0, 0.1) is 12.8 Å². The summed E-state index contributed by atoms with van der Waals surface area (Å²) in [6.45, 7) is 4.42. The molecule has 1 saturated heterocycles. The Labute approximate surface area is 137 Å². The fourth-order valence-electron chi connectivity index (χ4n) is 2.64. The second kappa shape index (κ2) is 7.04. The van der Waals surface area contributed by atoms with E-state index in [9.17, 15) is 13.2 Å². The second-order valence-corrected chi connectivity index (χ2v) is 9.33. The molecular weight excluding hydrogens is 318 g/mol. The number of hydrogen-bond acceptors (Lipinski definition) is 4. The van der Waals surface area contributed by atoms with E-state index >= 15 is 0 Å². The lowest BCUT2D eigenvalue weighted by molar-refractivity contribution is -0.135. The third kappa shape index (κ3) is 4.26. The molecule has 1 aromatic carbocycles. The van der Waals surface area contributed by atoms with Gasteiger partial charge in [0.1, 0.15) is 5.37 Å². The van der Waals surface area contributed by atoms with Crippen molar-refractivity contribution < 1.29 is 13.2 Å². The summed E-state index contributed by atoms with van der Waals surface area (Å²) in [6, 6.07) is 8.12. The highest BCUT2D eigenvalue weighted by Crippen LogP contribution is 2.23. The maximum atomic E-state index is 12.7. The summed E-state index contributed by atoms with van der Waals surface area (Å²) >= 11 is 1.60. The third-order valence-corrected chi connectivity index (χ3v) is 6.59. The molecule has 1 aliphatic rings. The first-order chi connectivity index (χ1) is 10.3. The van der Waals surface area contributed by atoms with E-state index in [1.807, 2.05) is 38.1 Å². The van der Waals surface area contributed by atoms with Crippen molar-refractivity contribution in [1.29, 1.82) is 0 Å². The van der Waals surface area contributed by atoms with Crippen LogP contribution in [-0.4, -0.2) is 48.9 Å². The third-order valence-electron chi connectivity index (χ3n) is 3.95. The van der Waals surface area contributed by atoms with Crippen LogP contribution in [0.3, 0.4) is 0 Å². The summed E-state index contributed by atoms with van der Waals surface area (Å²) in [4.78, 5) is 14.2. The number of thioether (sulfide) groups is 1. The number of amides is 1. The molecule has 0 saturated carbocycles. The zero-order valence-electron chi connectivity index (χ0n) is 13.3. The fourth-order valence-corrected chi connectivity index (χ4v) is 5.46. The largest absolute Gasteiger partial charge is 0.324 e.